The SMILES string of the molecule is Cc1cc(S(=O)(=O)NCCc2ccc(Oc3ccc(F)cc3)cc2)cc(C(=O)O)c1C.[HH]. The maximum absolute atomic E-state index is 13.0. The highest BCUT2D eigenvalue weighted by molar-refractivity contribution is 7.89. The van der Waals surface area contributed by atoms with Gasteiger partial charge in [0.2, 0.25) is 10.0 Å². The number of carboxylic acid groups (broad SMARTS) is 1. The fourth-order valence-corrected chi connectivity index (χ4v) is 4.12. The number of sulfonamides is 1. The van der Waals surface area contributed by atoms with E-state index in [1.54, 1.807) is 26.0 Å². The number of aromatic carboxylic acids is 1. The number of halogens is 1. The topological polar surface area (TPSA) is 92.7 Å². The third-order valence-corrected chi connectivity index (χ3v) is 6.30. The van der Waals surface area contributed by atoms with Gasteiger partial charge in [0, 0.05) is 7.97 Å². The molecule has 0 aliphatic rings. The van der Waals surface area contributed by atoms with Crippen molar-refractivity contribution in [2.24, 2.45) is 0 Å². The molecular formula is C23H24FNO5S. The number of carboxylic acids is 1. The summed E-state index contributed by atoms with van der Waals surface area (Å²) in [6.45, 7) is 3.47. The van der Waals surface area contributed by atoms with Crippen molar-refractivity contribution < 1.29 is 28.9 Å². The van der Waals surface area contributed by atoms with E-state index in [0.717, 1.165) is 5.56 Å². The number of hydrogen-bond donors (Lipinski definition) is 2. The molecule has 3 aromatic carbocycles. The third kappa shape index (κ3) is 5.68. The molecule has 0 aliphatic heterocycles. The van der Waals surface area contributed by atoms with E-state index < -0.39 is 16.0 Å². The van der Waals surface area contributed by atoms with E-state index in [4.69, 9.17) is 4.74 Å². The Morgan fingerprint density at radius 3 is 2.19 bits per heavy atom. The van der Waals surface area contributed by atoms with Crippen molar-refractivity contribution in [3.05, 3.63) is 88.7 Å². The predicted octanol–water partition coefficient (Wildman–Crippen LogP) is 4.70. The monoisotopic (exact) mass is 445 g/mol. The summed E-state index contributed by atoms with van der Waals surface area (Å²) in [5.41, 5.74) is 1.99. The van der Waals surface area contributed by atoms with Gasteiger partial charge in [0.1, 0.15) is 17.3 Å². The van der Waals surface area contributed by atoms with E-state index in [2.05, 4.69) is 4.72 Å². The number of aryl methyl sites for hydroxylation is 1. The molecule has 0 unspecified atom stereocenters. The lowest BCUT2D eigenvalue weighted by molar-refractivity contribution is 0.0695. The molecule has 6 nitrogen and oxygen atoms in total. The Kier molecular flexibility index (Phi) is 6.72. The smallest absolute Gasteiger partial charge is 0.336 e. The lowest BCUT2D eigenvalue weighted by Gasteiger charge is -2.11. The van der Waals surface area contributed by atoms with Crippen LogP contribution in [-0.4, -0.2) is 26.0 Å². The Labute approximate surface area is 181 Å². The summed E-state index contributed by atoms with van der Waals surface area (Å²) in [6.07, 6.45) is 0.437. The largest absolute Gasteiger partial charge is 0.478 e. The first-order valence-corrected chi connectivity index (χ1v) is 11.0. The molecule has 0 spiro atoms. The lowest BCUT2D eigenvalue weighted by atomic mass is 10.0. The second-order valence-electron chi connectivity index (χ2n) is 7.07. The standard InChI is InChI=1S/C23H22FNO5S.H2/c1-15-13-21(14-22(16(15)2)23(26)27)31(28,29)25-12-11-17-3-7-19(8-4-17)30-20-9-5-18(24)6-10-20;/h3-10,13-14,25H,11-12H2,1-2H3,(H,26,27);1H. The van der Waals surface area contributed by atoms with Gasteiger partial charge in [-0.1, -0.05) is 12.1 Å². The number of carbonyl (C=O) groups is 1. The van der Waals surface area contributed by atoms with Crippen molar-refractivity contribution in [3.8, 4) is 11.5 Å². The predicted molar refractivity (Wildman–Crippen MR) is 117 cm³/mol. The second kappa shape index (κ2) is 9.28. The van der Waals surface area contributed by atoms with Crippen molar-refractivity contribution >= 4 is 16.0 Å². The van der Waals surface area contributed by atoms with Crippen molar-refractivity contribution in [2.75, 3.05) is 6.54 Å². The maximum atomic E-state index is 13.0. The summed E-state index contributed by atoms with van der Waals surface area (Å²) in [5, 5.41) is 9.29. The zero-order valence-electron chi connectivity index (χ0n) is 17.1. The minimum atomic E-state index is -3.85. The molecule has 0 fully saturated rings. The van der Waals surface area contributed by atoms with E-state index in [1.807, 2.05) is 12.1 Å². The highest BCUT2D eigenvalue weighted by Gasteiger charge is 2.19. The van der Waals surface area contributed by atoms with E-state index >= 15 is 0 Å². The fourth-order valence-electron chi connectivity index (χ4n) is 2.98. The molecule has 0 atom stereocenters. The van der Waals surface area contributed by atoms with Crippen molar-refractivity contribution in [1.29, 1.82) is 0 Å². The molecule has 3 rings (SSSR count). The maximum Gasteiger partial charge on any atom is 0.336 e. The average Bonchev–Trinajstić information content (AvgIpc) is 2.72. The van der Waals surface area contributed by atoms with Gasteiger partial charge in [-0.25, -0.2) is 22.3 Å². The molecule has 0 radical (unpaired) electrons. The molecule has 0 aliphatic carbocycles. The first kappa shape index (κ1) is 22.5. The van der Waals surface area contributed by atoms with Crippen LogP contribution in [0.4, 0.5) is 4.39 Å². The highest BCUT2D eigenvalue weighted by atomic mass is 32.2. The summed E-state index contributed by atoms with van der Waals surface area (Å²) in [6, 6.07) is 15.4. The zero-order chi connectivity index (χ0) is 22.6. The Morgan fingerprint density at radius 2 is 1.61 bits per heavy atom. The number of ether oxygens (including phenoxy) is 1. The molecule has 8 heteroatoms. The summed E-state index contributed by atoms with van der Waals surface area (Å²) >= 11 is 0. The molecule has 0 amide bonds. The van der Waals surface area contributed by atoms with Gasteiger partial charge in [0.25, 0.3) is 0 Å². The van der Waals surface area contributed by atoms with E-state index in [0.29, 0.717) is 29.0 Å². The molecule has 0 bridgehead atoms. The summed E-state index contributed by atoms with van der Waals surface area (Å²) < 4.78 is 46.3. The quantitative estimate of drug-likeness (QED) is 0.524. The molecule has 2 N–H and O–H groups in total. The first-order chi connectivity index (χ1) is 14.7. The van der Waals surface area contributed by atoms with Crippen LogP contribution >= 0.6 is 0 Å². The Balaban J connectivity index is 0.00000363. The fraction of sp³-hybridized carbons (Fsp3) is 0.174. The van der Waals surface area contributed by atoms with E-state index in [1.165, 1.54) is 36.4 Å². The molecule has 3 aromatic rings. The third-order valence-electron chi connectivity index (χ3n) is 4.86. The molecule has 0 saturated carbocycles. The van der Waals surface area contributed by atoms with Crippen LogP contribution in [0.15, 0.2) is 65.6 Å². The minimum absolute atomic E-state index is 0. The van der Waals surface area contributed by atoms with Crippen LogP contribution in [0.5, 0.6) is 11.5 Å². The van der Waals surface area contributed by atoms with Gasteiger partial charge in [0.15, 0.2) is 0 Å². The van der Waals surface area contributed by atoms with Gasteiger partial charge in [-0.2, -0.15) is 0 Å². The van der Waals surface area contributed by atoms with Crippen LogP contribution < -0.4 is 9.46 Å². The molecule has 0 heterocycles. The molecule has 0 saturated heterocycles. The second-order valence-corrected chi connectivity index (χ2v) is 8.83. The first-order valence-electron chi connectivity index (χ1n) is 9.52. The number of benzene rings is 3. The van der Waals surface area contributed by atoms with Gasteiger partial charge < -0.3 is 9.84 Å². The van der Waals surface area contributed by atoms with E-state index in [9.17, 15) is 22.7 Å². The van der Waals surface area contributed by atoms with Crippen LogP contribution in [0, 0.1) is 19.7 Å². The molecular weight excluding hydrogens is 421 g/mol. The molecule has 164 valence electrons. The van der Waals surface area contributed by atoms with E-state index in [-0.39, 0.29) is 24.2 Å². The Bertz CT molecular complexity index is 1200. The number of nitrogens with one attached hydrogen (secondary N) is 1. The van der Waals surface area contributed by atoms with Crippen LogP contribution in [0.1, 0.15) is 28.5 Å². The Hall–Kier alpha value is -3.23. The Morgan fingerprint density at radius 1 is 1.03 bits per heavy atom. The van der Waals surface area contributed by atoms with Crippen LogP contribution in [0.3, 0.4) is 0 Å². The van der Waals surface area contributed by atoms with Gasteiger partial charge in [0.05, 0.1) is 10.5 Å². The van der Waals surface area contributed by atoms with Crippen molar-refractivity contribution in [2.45, 2.75) is 25.2 Å². The summed E-state index contributed by atoms with van der Waals surface area (Å²) in [7, 11) is -3.85. The summed E-state index contributed by atoms with van der Waals surface area (Å²) in [4.78, 5) is 11.3. The normalized spacial score (nSPS) is 11.3. The number of hydrogen-bond acceptors (Lipinski definition) is 4. The van der Waals surface area contributed by atoms with Crippen LogP contribution in [-0.2, 0) is 16.4 Å². The van der Waals surface area contributed by atoms with Crippen LogP contribution in [0.2, 0.25) is 0 Å². The van der Waals surface area contributed by atoms with Gasteiger partial charge in [-0.05, 0) is 85.5 Å². The van der Waals surface area contributed by atoms with Crippen molar-refractivity contribution in [1.82, 2.24) is 4.72 Å². The zero-order valence-corrected chi connectivity index (χ0v) is 17.9. The minimum Gasteiger partial charge on any atom is -0.478 e. The summed E-state index contributed by atoms with van der Waals surface area (Å²) in [5.74, 6) is -0.422. The van der Waals surface area contributed by atoms with Gasteiger partial charge in [-0.15, -0.1) is 0 Å². The highest BCUT2D eigenvalue weighted by Crippen LogP contribution is 2.22. The van der Waals surface area contributed by atoms with Gasteiger partial charge >= 0.3 is 5.97 Å². The molecule has 31 heavy (non-hydrogen) atoms. The van der Waals surface area contributed by atoms with Gasteiger partial charge in [-0.3, -0.25) is 0 Å². The number of rotatable bonds is 8. The molecule has 0 aromatic heterocycles. The van der Waals surface area contributed by atoms with Crippen LogP contribution in [0.25, 0.3) is 0 Å². The average molecular weight is 446 g/mol. The van der Waals surface area contributed by atoms with Crippen molar-refractivity contribution in [3.63, 3.8) is 0 Å². The lowest BCUT2D eigenvalue weighted by Crippen LogP contribution is -2.26.